The molecule has 3 atom stereocenters. The number of likely N-dealkylation sites (tertiary alicyclic amines) is 1. The number of amides is 1. The SMILES string of the molecule is CC(=O)OC12CCC(NC(=O)c3ccccc3)CC1(c1cccc(O)c1)CCN(C)C2. The average molecular weight is 423 g/mol. The van der Waals surface area contributed by atoms with Crippen LogP contribution in [0.1, 0.15) is 48.5 Å². The van der Waals surface area contributed by atoms with E-state index in [9.17, 15) is 14.7 Å². The number of hydrogen-bond donors (Lipinski definition) is 2. The number of hydrogen-bond acceptors (Lipinski definition) is 5. The molecular weight excluding hydrogens is 392 g/mol. The van der Waals surface area contributed by atoms with Crippen molar-refractivity contribution < 1.29 is 19.4 Å². The smallest absolute Gasteiger partial charge is 0.303 e. The number of piperidine rings is 1. The molecule has 0 aromatic heterocycles. The summed E-state index contributed by atoms with van der Waals surface area (Å²) in [7, 11) is 2.04. The van der Waals surface area contributed by atoms with E-state index in [0.29, 0.717) is 24.9 Å². The zero-order valence-corrected chi connectivity index (χ0v) is 18.1. The van der Waals surface area contributed by atoms with E-state index >= 15 is 0 Å². The van der Waals surface area contributed by atoms with Gasteiger partial charge < -0.3 is 20.1 Å². The van der Waals surface area contributed by atoms with Gasteiger partial charge in [0, 0.05) is 30.5 Å². The molecule has 3 unspecified atom stereocenters. The number of phenolic OH excluding ortho intramolecular Hbond substituents is 1. The zero-order valence-electron chi connectivity index (χ0n) is 18.1. The summed E-state index contributed by atoms with van der Waals surface area (Å²) in [5, 5.41) is 13.4. The van der Waals surface area contributed by atoms with Crippen LogP contribution in [0.25, 0.3) is 0 Å². The Morgan fingerprint density at radius 1 is 1.13 bits per heavy atom. The number of carbonyl (C=O) groups is 2. The minimum atomic E-state index is -0.701. The number of benzene rings is 2. The molecule has 6 heteroatoms. The molecule has 4 rings (SSSR count). The van der Waals surface area contributed by atoms with Gasteiger partial charge in [-0.05, 0) is 69.1 Å². The molecule has 2 fully saturated rings. The van der Waals surface area contributed by atoms with Gasteiger partial charge in [0.1, 0.15) is 11.4 Å². The molecule has 6 nitrogen and oxygen atoms in total. The van der Waals surface area contributed by atoms with Crippen LogP contribution >= 0.6 is 0 Å². The molecule has 1 heterocycles. The second-order valence-electron chi connectivity index (χ2n) is 8.99. The lowest BCUT2D eigenvalue weighted by molar-refractivity contribution is -0.185. The fourth-order valence-corrected chi connectivity index (χ4v) is 5.58. The van der Waals surface area contributed by atoms with Crippen LogP contribution in [-0.2, 0) is 14.9 Å². The van der Waals surface area contributed by atoms with E-state index in [-0.39, 0.29) is 23.7 Å². The zero-order chi connectivity index (χ0) is 22.1. The average Bonchev–Trinajstić information content (AvgIpc) is 2.74. The van der Waals surface area contributed by atoms with Gasteiger partial charge in [0.15, 0.2) is 0 Å². The summed E-state index contributed by atoms with van der Waals surface area (Å²) in [4.78, 5) is 27.2. The number of likely N-dealkylation sites (N-methyl/N-ethyl adjacent to an activating group) is 1. The Balaban J connectivity index is 1.71. The van der Waals surface area contributed by atoms with Crippen molar-refractivity contribution in [1.29, 1.82) is 0 Å². The molecule has 0 bridgehead atoms. The molecular formula is C25H30N2O4. The van der Waals surface area contributed by atoms with Gasteiger partial charge in [-0.15, -0.1) is 0 Å². The van der Waals surface area contributed by atoms with E-state index in [1.54, 1.807) is 12.1 Å². The fourth-order valence-electron chi connectivity index (χ4n) is 5.58. The molecule has 31 heavy (non-hydrogen) atoms. The van der Waals surface area contributed by atoms with Gasteiger partial charge in [0.05, 0.1) is 0 Å². The standard InChI is InChI=1S/C25H30N2O4/c1-18(28)31-25-12-11-21(26-23(30)19-7-4-3-5-8-19)16-24(25,13-14-27(2)17-25)20-9-6-10-22(29)15-20/h3-10,15,21,29H,11-14,16-17H2,1-2H3,(H,26,30). The number of rotatable bonds is 4. The Hall–Kier alpha value is -2.86. The van der Waals surface area contributed by atoms with Crippen LogP contribution in [0.2, 0.25) is 0 Å². The Morgan fingerprint density at radius 2 is 1.90 bits per heavy atom. The number of aromatic hydroxyl groups is 1. The van der Waals surface area contributed by atoms with Gasteiger partial charge in [0.2, 0.25) is 0 Å². The van der Waals surface area contributed by atoms with E-state index in [1.807, 2.05) is 49.5 Å². The first-order valence-electron chi connectivity index (χ1n) is 10.9. The molecule has 1 amide bonds. The maximum Gasteiger partial charge on any atom is 0.303 e. The Morgan fingerprint density at radius 3 is 2.61 bits per heavy atom. The third-order valence-electron chi connectivity index (χ3n) is 6.92. The molecule has 1 saturated carbocycles. The number of carbonyl (C=O) groups excluding carboxylic acids is 2. The van der Waals surface area contributed by atoms with Crippen LogP contribution in [-0.4, -0.2) is 53.7 Å². The number of fused-ring (bicyclic) bond motifs is 1. The molecule has 0 radical (unpaired) electrons. The van der Waals surface area contributed by atoms with E-state index in [1.165, 1.54) is 6.92 Å². The van der Waals surface area contributed by atoms with Crippen molar-refractivity contribution in [3.8, 4) is 5.75 Å². The van der Waals surface area contributed by atoms with Crippen molar-refractivity contribution in [2.45, 2.75) is 49.7 Å². The molecule has 0 spiro atoms. The molecule has 2 aliphatic rings. The van der Waals surface area contributed by atoms with Gasteiger partial charge in [-0.1, -0.05) is 30.3 Å². The molecule has 1 aliphatic carbocycles. The number of phenols is 1. The first-order valence-corrected chi connectivity index (χ1v) is 10.9. The number of ether oxygens (including phenoxy) is 1. The van der Waals surface area contributed by atoms with Crippen molar-refractivity contribution in [3.05, 3.63) is 65.7 Å². The molecule has 2 aromatic carbocycles. The van der Waals surface area contributed by atoms with Crippen LogP contribution < -0.4 is 5.32 Å². The summed E-state index contributed by atoms with van der Waals surface area (Å²) in [6, 6.07) is 16.4. The highest BCUT2D eigenvalue weighted by Gasteiger charge is 2.60. The first kappa shape index (κ1) is 21.4. The van der Waals surface area contributed by atoms with Crippen LogP contribution in [0.3, 0.4) is 0 Å². The quantitative estimate of drug-likeness (QED) is 0.740. The highest BCUT2D eigenvalue weighted by Crippen LogP contribution is 2.53. The predicted octanol–water partition coefficient (Wildman–Crippen LogP) is 3.25. The van der Waals surface area contributed by atoms with Gasteiger partial charge in [-0.2, -0.15) is 0 Å². The molecule has 2 aromatic rings. The van der Waals surface area contributed by atoms with E-state index in [0.717, 1.165) is 24.9 Å². The van der Waals surface area contributed by atoms with Gasteiger partial charge >= 0.3 is 5.97 Å². The van der Waals surface area contributed by atoms with Crippen molar-refractivity contribution in [3.63, 3.8) is 0 Å². The number of nitrogens with zero attached hydrogens (tertiary/aromatic N) is 1. The van der Waals surface area contributed by atoms with E-state index in [2.05, 4.69) is 10.2 Å². The van der Waals surface area contributed by atoms with Crippen LogP contribution in [0.15, 0.2) is 54.6 Å². The lowest BCUT2D eigenvalue weighted by Crippen LogP contribution is -2.68. The van der Waals surface area contributed by atoms with Crippen molar-refractivity contribution in [2.75, 3.05) is 20.1 Å². The summed E-state index contributed by atoms with van der Waals surface area (Å²) >= 11 is 0. The second kappa shape index (κ2) is 8.35. The van der Waals surface area contributed by atoms with Crippen molar-refractivity contribution in [2.24, 2.45) is 0 Å². The molecule has 2 N–H and O–H groups in total. The van der Waals surface area contributed by atoms with E-state index in [4.69, 9.17) is 4.74 Å². The summed E-state index contributed by atoms with van der Waals surface area (Å²) in [6.07, 6.45) is 2.79. The van der Waals surface area contributed by atoms with Crippen molar-refractivity contribution >= 4 is 11.9 Å². The summed E-state index contributed by atoms with van der Waals surface area (Å²) in [5.74, 6) is -0.200. The fraction of sp³-hybridized carbons (Fsp3) is 0.440. The number of esters is 1. The predicted molar refractivity (Wildman–Crippen MR) is 118 cm³/mol. The Bertz CT molecular complexity index is 963. The van der Waals surface area contributed by atoms with Crippen LogP contribution in [0.5, 0.6) is 5.75 Å². The summed E-state index contributed by atoms with van der Waals surface area (Å²) < 4.78 is 6.11. The summed E-state index contributed by atoms with van der Waals surface area (Å²) in [6.45, 7) is 2.93. The third kappa shape index (κ3) is 4.04. The summed E-state index contributed by atoms with van der Waals surface area (Å²) in [5.41, 5.74) is 0.402. The third-order valence-corrected chi connectivity index (χ3v) is 6.92. The molecule has 164 valence electrons. The highest BCUT2D eigenvalue weighted by molar-refractivity contribution is 5.94. The Kier molecular flexibility index (Phi) is 5.75. The van der Waals surface area contributed by atoms with Gasteiger partial charge in [-0.3, -0.25) is 9.59 Å². The maximum atomic E-state index is 12.8. The molecule has 1 aliphatic heterocycles. The minimum absolute atomic E-state index is 0.0536. The Labute approximate surface area is 183 Å². The maximum absolute atomic E-state index is 12.8. The first-order chi connectivity index (χ1) is 14.8. The van der Waals surface area contributed by atoms with E-state index < -0.39 is 11.0 Å². The second-order valence-corrected chi connectivity index (χ2v) is 8.99. The largest absolute Gasteiger partial charge is 0.508 e. The number of nitrogens with one attached hydrogen (secondary N) is 1. The van der Waals surface area contributed by atoms with Crippen molar-refractivity contribution in [1.82, 2.24) is 10.2 Å². The minimum Gasteiger partial charge on any atom is -0.508 e. The van der Waals surface area contributed by atoms with Crippen LogP contribution in [0.4, 0.5) is 0 Å². The van der Waals surface area contributed by atoms with Crippen LogP contribution in [0, 0.1) is 0 Å². The lowest BCUT2D eigenvalue weighted by Gasteiger charge is -2.59. The normalized spacial score (nSPS) is 28.4. The molecule has 1 saturated heterocycles. The van der Waals surface area contributed by atoms with Gasteiger partial charge in [-0.25, -0.2) is 0 Å². The topological polar surface area (TPSA) is 78.9 Å². The van der Waals surface area contributed by atoms with Gasteiger partial charge in [0.25, 0.3) is 5.91 Å². The lowest BCUT2D eigenvalue weighted by atomic mass is 9.55. The monoisotopic (exact) mass is 422 g/mol. The highest BCUT2D eigenvalue weighted by atomic mass is 16.6.